The van der Waals surface area contributed by atoms with E-state index in [4.69, 9.17) is 10.9 Å². The Hall–Kier alpha value is -1.07. The van der Waals surface area contributed by atoms with E-state index in [1.54, 1.807) is 24.3 Å². The Morgan fingerprint density at radius 1 is 1.14 bits per heavy atom. The summed E-state index contributed by atoms with van der Waals surface area (Å²) in [6.45, 7) is 4.00. The van der Waals surface area contributed by atoms with E-state index >= 15 is 0 Å². The highest BCUT2D eigenvalue weighted by Gasteiger charge is 2.03. The molecule has 0 aliphatic carbocycles. The first-order valence-corrected chi connectivity index (χ1v) is 6.04. The van der Waals surface area contributed by atoms with Gasteiger partial charge in [0.2, 0.25) is 10.0 Å². The van der Waals surface area contributed by atoms with Crippen LogP contribution in [0.4, 0.5) is 5.69 Å². The predicted molar refractivity (Wildman–Crippen MR) is 59.0 cm³/mol. The predicted octanol–water partition coefficient (Wildman–Crippen LogP) is 1.08. The van der Waals surface area contributed by atoms with Crippen molar-refractivity contribution in [3.63, 3.8) is 0 Å². The molecule has 0 radical (unpaired) electrons. The second-order valence-corrected chi connectivity index (χ2v) is 4.16. The number of hydrogen-bond acceptors (Lipinski definition) is 3. The van der Waals surface area contributed by atoms with Crippen molar-refractivity contribution >= 4 is 15.7 Å². The third-order valence-corrected chi connectivity index (χ3v) is 2.08. The van der Waals surface area contributed by atoms with E-state index in [1.807, 2.05) is 13.8 Å². The van der Waals surface area contributed by atoms with Crippen LogP contribution in [-0.4, -0.2) is 8.42 Å². The Bertz CT molecular complexity index is 357. The van der Waals surface area contributed by atoms with Crippen LogP contribution in [0.2, 0.25) is 0 Å². The van der Waals surface area contributed by atoms with Crippen molar-refractivity contribution in [3.8, 4) is 0 Å². The average Bonchev–Trinajstić information content (AvgIpc) is 2.10. The van der Waals surface area contributed by atoms with Crippen molar-refractivity contribution in [1.29, 1.82) is 0 Å². The van der Waals surface area contributed by atoms with Crippen LogP contribution in [0.5, 0.6) is 0 Å². The number of anilines is 1. The first-order chi connectivity index (χ1) is 6.47. The van der Waals surface area contributed by atoms with Crippen molar-refractivity contribution < 1.29 is 8.42 Å². The highest BCUT2D eigenvalue weighted by atomic mass is 32.2. The molecule has 14 heavy (non-hydrogen) atoms. The van der Waals surface area contributed by atoms with Gasteiger partial charge in [0, 0.05) is 5.69 Å². The van der Waals surface area contributed by atoms with E-state index in [9.17, 15) is 8.42 Å². The summed E-state index contributed by atoms with van der Waals surface area (Å²) in [5.74, 6) is -0.146. The summed E-state index contributed by atoms with van der Waals surface area (Å²) in [5, 5.41) is 4.85. The quantitative estimate of drug-likeness (QED) is 0.725. The fourth-order valence-electron chi connectivity index (χ4n) is 0.846. The molecule has 0 fully saturated rings. The van der Waals surface area contributed by atoms with Crippen molar-refractivity contribution in [1.82, 2.24) is 0 Å². The van der Waals surface area contributed by atoms with Gasteiger partial charge in [-0.15, -0.1) is 0 Å². The number of primary sulfonamides is 1. The van der Waals surface area contributed by atoms with Crippen molar-refractivity contribution in [2.24, 2.45) is 5.14 Å². The molecule has 80 valence electrons. The summed E-state index contributed by atoms with van der Waals surface area (Å²) in [6, 6.07) is 6.56. The molecule has 4 N–H and O–H groups in total. The minimum Gasteiger partial charge on any atom is -0.399 e. The van der Waals surface area contributed by atoms with Gasteiger partial charge in [-0.25, -0.2) is 13.6 Å². The Morgan fingerprint density at radius 3 is 1.93 bits per heavy atom. The number of nitrogens with two attached hydrogens (primary N) is 2. The molecule has 0 heterocycles. The van der Waals surface area contributed by atoms with Gasteiger partial charge in [-0.3, -0.25) is 0 Å². The van der Waals surface area contributed by atoms with Gasteiger partial charge in [0.25, 0.3) is 0 Å². The van der Waals surface area contributed by atoms with Crippen molar-refractivity contribution in [2.75, 3.05) is 5.73 Å². The topological polar surface area (TPSA) is 86.2 Å². The molecule has 0 unspecified atom stereocenters. The lowest BCUT2D eigenvalue weighted by atomic mass is 10.2. The third-order valence-electron chi connectivity index (χ3n) is 1.35. The first-order valence-electron chi connectivity index (χ1n) is 4.32. The van der Waals surface area contributed by atoms with E-state index in [2.05, 4.69) is 0 Å². The summed E-state index contributed by atoms with van der Waals surface area (Å²) in [5.41, 5.74) is 6.66. The molecule has 1 rings (SSSR count). The second-order valence-electron chi connectivity index (χ2n) is 2.55. The normalized spacial score (nSPS) is 10.2. The lowest BCUT2D eigenvalue weighted by molar-refractivity contribution is 0.597. The van der Waals surface area contributed by atoms with Gasteiger partial charge in [-0.1, -0.05) is 26.0 Å². The molecule has 5 heteroatoms. The second kappa shape index (κ2) is 5.62. The maximum Gasteiger partial charge on any atom is 0.213 e. The zero-order chi connectivity index (χ0) is 11.2. The molecule has 0 aromatic heterocycles. The molecule has 4 nitrogen and oxygen atoms in total. The Labute approximate surface area is 85.0 Å². The van der Waals surface area contributed by atoms with E-state index in [0.29, 0.717) is 11.3 Å². The Balaban J connectivity index is 0.000000791. The average molecular weight is 216 g/mol. The fourth-order valence-corrected chi connectivity index (χ4v) is 1.50. The van der Waals surface area contributed by atoms with Crippen LogP contribution in [0.3, 0.4) is 0 Å². The van der Waals surface area contributed by atoms with Gasteiger partial charge in [-0.05, 0) is 17.7 Å². The van der Waals surface area contributed by atoms with E-state index in [-0.39, 0.29) is 5.75 Å². The monoisotopic (exact) mass is 216 g/mol. The molecule has 1 aromatic carbocycles. The minimum atomic E-state index is -3.43. The molecular weight excluding hydrogens is 200 g/mol. The van der Waals surface area contributed by atoms with E-state index < -0.39 is 10.0 Å². The molecule has 0 spiro atoms. The van der Waals surface area contributed by atoms with Crippen LogP contribution in [0.25, 0.3) is 0 Å². The SMILES string of the molecule is CC.Nc1ccc(CS(N)(=O)=O)cc1. The molecule has 0 saturated heterocycles. The Morgan fingerprint density at radius 2 is 1.57 bits per heavy atom. The third kappa shape index (κ3) is 5.55. The van der Waals surface area contributed by atoms with Crippen LogP contribution in [-0.2, 0) is 15.8 Å². The highest BCUT2D eigenvalue weighted by molar-refractivity contribution is 7.88. The highest BCUT2D eigenvalue weighted by Crippen LogP contribution is 2.07. The molecular formula is C9H16N2O2S. The largest absolute Gasteiger partial charge is 0.399 e. The zero-order valence-electron chi connectivity index (χ0n) is 8.40. The van der Waals surface area contributed by atoms with Crippen LogP contribution in [0.15, 0.2) is 24.3 Å². The van der Waals surface area contributed by atoms with E-state index in [0.717, 1.165) is 0 Å². The minimum absolute atomic E-state index is 0.146. The van der Waals surface area contributed by atoms with Crippen molar-refractivity contribution in [2.45, 2.75) is 19.6 Å². The van der Waals surface area contributed by atoms with Gasteiger partial charge in [0.1, 0.15) is 0 Å². The summed E-state index contributed by atoms with van der Waals surface area (Å²) < 4.78 is 21.3. The fraction of sp³-hybridized carbons (Fsp3) is 0.333. The lowest BCUT2D eigenvalue weighted by Gasteiger charge is -1.98. The number of nitrogen functional groups attached to an aromatic ring is 1. The molecule has 0 atom stereocenters. The van der Waals surface area contributed by atoms with E-state index in [1.165, 1.54) is 0 Å². The number of benzene rings is 1. The van der Waals surface area contributed by atoms with Gasteiger partial charge in [0.05, 0.1) is 5.75 Å². The molecule has 0 aliphatic heterocycles. The number of rotatable bonds is 2. The van der Waals surface area contributed by atoms with Gasteiger partial charge < -0.3 is 5.73 Å². The zero-order valence-corrected chi connectivity index (χ0v) is 9.21. The summed E-state index contributed by atoms with van der Waals surface area (Å²) >= 11 is 0. The maximum atomic E-state index is 10.6. The van der Waals surface area contributed by atoms with Crippen molar-refractivity contribution in [3.05, 3.63) is 29.8 Å². The van der Waals surface area contributed by atoms with Crippen LogP contribution in [0.1, 0.15) is 19.4 Å². The van der Waals surface area contributed by atoms with Crippen LogP contribution in [0, 0.1) is 0 Å². The summed E-state index contributed by atoms with van der Waals surface area (Å²) in [7, 11) is -3.43. The van der Waals surface area contributed by atoms with Crippen LogP contribution >= 0.6 is 0 Å². The molecule has 0 amide bonds. The molecule has 0 saturated carbocycles. The van der Waals surface area contributed by atoms with Crippen LogP contribution < -0.4 is 10.9 Å². The van der Waals surface area contributed by atoms with Gasteiger partial charge >= 0.3 is 0 Å². The Kier molecular flexibility index (Phi) is 5.19. The van der Waals surface area contributed by atoms with Gasteiger partial charge in [0.15, 0.2) is 0 Å². The molecule has 0 bridgehead atoms. The summed E-state index contributed by atoms with van der Waals surface area (Å²) in [4.78, 5) is 0. The first kappa shape index (κ1) is 12.9. The number of hydrogen-bond donors (Lipinski definition) is 2. The summed E-state index contributed by atoms with van der Waals surface area (Å²) in [6.07, 6.45) is 0. The molecule has 0 aliphatic rings. The standard InChI is InChI=1S/C7H10N2O2S.C2H6/c8-7-3-1-6(2-4-7)5-12(9,10)11;1-2/h1-4H,5,8H2,(H2,9,10,11);1-2H3. The smallest absolute Gasteiger partial charge is 0.213 e. The number of sulfonamides is 1. The van der Waals surface area contributed by atoms with Gasteiger partial charge in [-0.2, -0.15) is 0 Å². The molecule has 1 aromatic rings. The maximum absolute atomic E-state index is 10.6. The lowest BCUT2D eigenvalue weighted by Crippen LogP contribution is -2.14.